The van der Waals surface area contributed by atoms with Crippen molar-refractivity contribution in [3.8, 4) is 11.5 Å². The second-order valence-corrected chi connectivity index (χ2v) is 8.50. The van der Waals surface area contributed by atoms with Gasteiger partial charge in [-0.15, -0.1) is 0 Å². The van der Waals surface area contributed by atoms with Gasteiger partial charge >= 0.3 is 0 Å². The molecule has 0 amide bonds. The molecule has 1 aliphatic heterocycles. The molecule has 2 heteroatoms. The van der Waals surface area contributed by atoms with Crippen molar-refractivity contribution < 1.29 is 9.47 Å². The summed E-state index contributed by atoms with van der Waals surface area (Å²) in [6.07, 6.45) is 8.75. The van der Waals surface area contributed by atoms with E-state index in [-0.39, 0.29) is 11.7 Å². The van der Waals surface area contributed by atoms with Crippen molar-refractivity contribution in [1.29, 1.82) is 0 Å². The Balaban J connectivity index is 1.80. The molecule has 0 bridgehead atoms. The van der Waals surface area contributed by atoms with Crippen LogP contribution in [0.3, 0.4) is 0 Å². The molecule has 1 aromatic carbocycles. The molecule has 0 saturated carbocycles. The monoisotopic (exact) mass is 342 g/mol. The molecule has 1 heterocycles. The van der Waals surface area contributed by atoms with Crippen LogP contribution in [0.15, 0.2) is 23.8 Å². The molecule has 0 radical (unpaired) electrons. The minimum atomic E-state index is -0.201. The Morgan fingerprint density at radius 3 is 2.84 bits per heavy atom. The van der Waals surface area contributed by atoms with Crippen LogP contribution in [0.2, 0.25) is 0 Å². The number of benzene rings is 1. The lowest BCUT2D eigenvalue weighted by Crippen LogP contribution is -2.36. The molecule has 2 unspecified atom stereocenters. The maximum atomic E-state index is 6.41. The number of hydrogen-bond donors (Lipinski definition) is 0. The normalized spacial score (nSPS) is 22.7. The standard InChI is InChI=1S/C23H34O2/c1-6-7-8-9-17(3)24-18-11-12-19-20-14-16(2)10-13-21(20)23(4,5)25-22(19)15-18/h11-12,15-17H,6-10,13-14H2,1-5H3. The fraction of sp³-hybridized carbons (Fsp3) is 0.652. The quantitative estimate of drug-likeness (QED) is 0.530. The minimum Gasteiger partial charge on any atom is -0.491 e. The van der Waals surface area contributed by atoms with Gasteiger partial charge in [-0.25, -0.2) is 0 Å². The molecule has 0 spiro atoms. The smallest absolute Gasteiger partial charge is 0.131 e. The van der Waals surface area contributed by atoms with Crippen molar-refractivity contribution in [2.24, 2.45) is 5.92 Å². The van der Waals surface area contributed by atoms with Gasteiger partial charge in [0.25, 0.3) is 0 Å². The van der Waals surface area contributed by atoms with E-state index in [9.17, 15) is 0 Å². The molecule has 138 valence electrons. The van der Waals surface area contributed by atoms with Crippen molar-refractivity contribution in [2.75, 3.05) is 0 Å². The first-order valence-electron chi connectivity index (χ1n) is 10.1. The third kappa shape index (κ3) is 4.04. The summed E-state index contributed by atoms with van der Waals surface area (Å²) in [7, 11) is 0. The molecule has 2 nitrogen and oxygen atoms in total. The molecule has 2 aliphatic rings. The van der Waals surface area contributed by atoms with Gasteiger partial charge in [0.1, 0.15) is 17.1 Å². The number of ether oxygens (including phenoxy) is 2. The number of rotatable bonds is 6. The van der Waals surface area contributed by atoms with Gasteiger partial charge in [-0.05, 0) is 82.1 Å². The van der Waals surface area contributed by atoms with E-state index in [0.717, 1.165) is 30.3 Å². The highest BCUT2D eigenvalue weighted by atomic mass is 16.5. The van der Waals surface area contributed by atoms with Crippen LogP contribution in [-0.2, 0) is 0 Å². The van der Waals surface area contributed by atoms with Gasteiger partial charge in [0.05, 0.1) is 6.10 Å². The number of unbranched alkanes of at least 4 members (excludes halogenated alkanes) is 2. The molecular weight excluding hydrogens is 308 g/mol. The average molecular weight is 343 g/mol. The first-order chi connectivity index (χ1) is 11.9. The first-order valence-corrected chi connectivity index (χ1v) is 10.1. The van der Waals surface area contributed by atoms with Crippen molar-refractivity contribution in [1.82, 2.24) is 0 Å². The average Bonchev–Trinajstić information content (AvgIpc) is 2.54. The molecule has 2 atom stereocenters. The van der Waals surface area contributed by atoms with Crippen LogP contribution in [0, 0.1) is 5.92 Å². The van der Waals surface area contributed by atoms with Crippen LogP contribution in [0.25, 0.3) is 5.57 Å². The van der Waals surface area contributed by atoms with Crippen molar-refractivity contribution in [3.05, 3.63) is 29.3 Å². The lowest BCUT2D eigenvalue weighted by molar-refractivity contribution is 0.134. The van der Waals surface area contributed by atoms with Crippen molar-refractivity contribution >= 4 is 5.57 Å². The summed E-state index contributed by atoms with van der Waals surface area (Å²) in [5.74, 6) is 2.69. The van der Waals surface area contributed by atoms with E-state index in [1.165, 1.54) is 48.8 Å². The molecule has 0 aromatic heterocycles. The Morgan fingerprint density at radius 2 is 2.08 bits per heavy atom. The summed E-state index contributed by atoms with van der Waals surface area (Å²) in [6.45, 7) is 11.2. The van der Waals surface area contributed by atoms with Gasteiger partial charge in [0.2, 0.25) is 0 Å². The lowest BCUT2D eigenvalue weighted by atomic mass is 9.74. The minimum absolute atomic E-state index is 0.201. The van der Waals surface area contributed by atoms with Crippen LogP contribution in [0.1, 0.15) is 85.1 Å². The molecule has 3 rings (SSSR count). The van der Waals surface area contributed by atoms with Crippen LogP contribution >= 0.6 is 0 Å². The Kier molecular flexibility index (Phi) is 5.46. The van der Waals surface area contributed by atoms with Gasteiger partial charge in [0, 0.05) is 11.6 Å². The SMILES string of the molecule is CCCCCC(C)Oc1ccc2c(c1)OC(C)(C)C1=C2CC(C)CC1. The van der Waals surface area contributed by atoms with E-state index < -0.39 is 0 Å². The van der Waals surface area contributed by atoms with Crippen molar-refractivity contribution in [2.45, 2.75) is 91.3 Å². The third-order valence-electron chi connectivity index (χ3n) is 5.73. The Bertz CT molecular complexity index is 641. The van der Waals surface area contributed by atoms with Crippen molar-refractivity contribution in [3.63, 3.8) is 0 Å². The highest BCUT2D eigenvalue weighted by Gasteiger charge is 2.37. The predicted octanol–water partition coefficient (Wildman–Crippen LogP) is 6.78. The van der Waals surface area contributed by atoms with E-state index in [2.05, 4.69) is 52.8 Å². The fourth-order valence-electron chi connectivity index (χ4n) is 4.27. The third-order valence-corrected chi connectivity index (χ3v) is 5.73. The largest absolute Gasteiger partial charge is 0.491 e. The zero-order valence-electron chi connectivity index (χ0n) is 16.7. The fourth-order valence-corrected chi connectivity index (χ4v) is 4.27. The van der Waals surface area contributed by atoms with Gasteiger partial charge in [-0.3, -0.25) is 0 Å². The number of fused-ring (bicyclic) bond motifs is 2. The Labute approximate surface area is 153 Å². The Morgan fingerprint density at radius 1 is 1.28 bits per heavy atom. The van der Waals surface area contributed by atoms with Crippen LogP contribution in [0.4, 0.5) is 0 Å². The summed E-state index contributed by atoms with van der Waals surface area (Å²) in [5, 5.41) is 0. The summed E-state index contributed by atoms with van der Waals surface area (Å²) < 4.78 is 12.6. The first kappa shape index (κ1) is 18.4. The lowest BCUT2D eigenvalue weighted by Gasteiger charge is -2.40. The Hall–Kier alpha value is -1.44. The molecule has 1 aromatic rings. The van der Waals surface area contributed by atoms with Crippen LogP contribution in [0.5, 0.6) is 11.5 Å². The van der Waals surface area contributed by atoms with Gasteiger partial charge in [-0.1, -0.05) is 26.7 Å². The number of hydrogen-bond acceptors (Lipinski definition) is 2. The zero-order chi connectivity index (χ0) is 18.0. The van der Waals surface area contributed by atoms with E-state index >= 15 is 0 Å². The van der Waals surface area contributed by atoms with Gasteiger partial charge in [-0.2, -0.15) is 0 Å². The topological polar surface area (TPSA) is 18.5 Å². The molecule has 0 fully saturated rings. The molecule has 0 saturated heterocycles. The van der Waals surface area contributed by atoms with E-state index in [4.69, 9.17) is 9.47 Å². The second-order valence-electron chi connectivity index (χ2n) is 8.50. The molecule has 0 N–H and O–H groups in total. The predicted molar refractivity (Wildman–Crippen MR) is 105 cm³/mol. The molecule has 1 aliphatic carbocycles. The van der Waals surface area contributed by atoms with Crippen LogP contribution < -0.4 is 9.47 Å². The maximum absolute atomic E-state index is 6.41. The summed E-state index contributed by atoms with van der Waals surface area (Å²) >= 11 is 0. The summed E-state index contributed by atoms with van der Waals surface area (Å²) in [4.78, 5) is 0. The molecule has 25 heavy (non-hydrogen) atoms. The van der Waals surface area contributed by atoms with Gasteiger partial charge < -0.3 is 9.47 Å². The van der Waals surface area contributed by atoms with E-state index in [0.29, 0.717) is 0 Å². The van der Waals surface area contributed by atoms with E-state index in [1.54, 1.807) is 0 Å². The summed E-state index contributed by atoms with van der Waals surface area (Å²) in [5.41, 5.74) is 4.10. The zero-order valence-corrected chi connectivity index (χ0v) is 16.7. The maximum Gasteiger partial charge on any atom is 0.131 e. The highest BCUT2D eigenvalue weighted by molar-refractivity contribution is 5.78. The summed E-state index contributed by atoms with van der Waals surface area (Å²) in [6, 6.07) is 6.45. The van der Waals surface area contributed by atoms with Crippen LogP contribution in [-0.4, -0.2) is 11.7 Å². The van der Waals surface area contributed by atoms with Gasteiger partial charge in [0.15, 0.2) is 0 Å². The molecular formula is C23H34O2. The number of allylic oxidation sites excluding steroid dienone is 1. The van der Waals surface area contributed by atoms with E-state index in [1.807, 2.05) is 0 Å². The highest BCUT2D eigenvalue weighted by Crippen LogP contribution is 2.49. The second kappa shape index (κ2) is 7.43.